The quantitative estimate of drug-likeness (QED) is 0.415. The van der Waals surface area contributed by atoms with Gasteiger partial charge in [-0.3, -0.25) is 18.9 Å². The number of hydrogen-bond acceptors (Lipinski definition) is 5. The number of fused-ring (bicyclic) bond motifs is 1. The van der Waals surface area contributed by atoms with Crippen molar-refractivity contribution < 1.29 is 17.7 Å². The lowest BCUT2D eigenvalue weighted by atomic mass is 9.83. The van der Waals surface area contributed by atoms with Crippen LogP contribution in [0.25, 0.3) is 27.6 Å². The molecule has 3 aromatic carbocycles. The monoisotopic (exact) mass is 480 g/mol. The Hall–Kier alpha value is -3.69. The Bertz CT molecular complexity index is 1530. The number of rotatable bonds is 5. The normalized spacial score (nSPS) is 12.5. The molecule has 0 aliphatic carbocycles. The van der Waals surface area contributed by atoms with E-state index in [1.807, 2.05) is 30.3 Å². The number of hydrogen-bond donors (Lipinski definition) is 2. The van der Waals surface area contributed by atoms with Gasteiger partial charge in [0.15, 0.2) is 0 Å². The Morgan fingerprint density at radius 1 is 0.971 bits per heavy atom. The van der Waals surface area contributed by atoms with E-state index in [4.69, 9.17) is 13.5 Å². The zero-order valence-corrected chi connectivity index (χ0v) is 19.9. The molecule has 4 rings (SSSR count). The predicted molar refractivity (Wildman–Crippen MR) is 132 cm³/mol. The molecule has 0 amide bonds. The van der Waals surface area contributed by atoms with Crippen molar-refractivity contribution in [1.82, 2.24) is 9.55 Å². The molecule has 176 valence electrons. The van der Waals surface area contributed by atoms with Crippen LogP contribution in [0.5, 0.6) is 11.5 Å². The second kappa shape index (κ2) is 8.92. The smallest absolute Gasteiger partial charge is 0.357 e. The van der Waals surface area contributed by atoms with E-state index >= 15 is 0 Å². The number of nitrogens with zero attached hydrogens (tertiary/aromatic N) is 1. The summed E-state index contributed by atoms with van der Waals surface area (Å²) in [5, 5.41) is 1.72. The fraction of sp³-hybridized carbons (Fsp3) is 0.200. The van der Waals surface area contributed by atoms with E-state index in [1.165, 1.54) is 16.8 Å². The maximum Gasteiger partial charge on any atom is 0.357 e. The van der Waals surface area contributed by atoms with Crippen molar-refractivity contribution in [3.63, 3.8) is 0 Å². The van der Waals surface area contributed by atoms with Crippen LogP contribution < -0.4 is 20.2 Å². The van der Waals surface area contributed by atoms with Gasteiger partial charge in [0.05, 0.1) is 12.8 Å². The lowest BCUT2D eigenvalue weighted by Crippen LogP contribution is -2.27. The summed E-state index contributed by atoms with van der Waals surface area (Å²) in [5.74, 6) is 0.969. The van der Waals surface area contributed by atoms with Gasteiger partial charge in [0.1, 0.15) is 11.5 Å². The van der Waals surface area contributed by atoms with Crippen LogP contribution >= 0.6 is 0 Å². The number of benzene rings is 3. The SMILES string of the molecule is COc1c(-c2ccc3cc(OS(=O)O)ccc3c2)cc(-n2ccc(=O)[nH]c2=O)cc1C(C)(C)C. The molecule has 0 fully saturated rings. The third-order valence-electron chi connectivity index (χ3n) is 5.48. The number of methoxy groups -OCH3 is 1. The fourth-order valence-electron chi connectivity index (χ4n) is 3.89. The van der Waals surface area contributed by atoms with Gasteiger partial charge in [-0.2, -0.15) is 4.21 Å². The highest BCUT2D eigenvalue weighted by Gasteiger charge is 2.24. The first-order chi connectivity index (χ1) is 16.1. The maximum absolute atomic E-state index is 12.5. The van der Waals surface area contributed by atoms with Crippen LogP contribution in [-0.2, 0) is 16.8 Å². The first kappa shape index (κ1) is 23.5. The molecule has 0 bridgehead atoms. The van der Waals surface area contributed by atoms with E-state index in [0.717, 1.165) is 27.5 Å². The summed E-state index contributed by atoms with van der Waals surface area (Å²) in [7, 11) is 1.61. The summed E-state index contributed by atoms with van der Waals surface area (Å²) in [5.41, 5.74) is 1.83. The summed E-state index contributed by atoms with van der Waals surface area (Å²) in [4.78, 5) is 26.4. The van der Waals surface area contributed by atoms with Crippen molar-refractivity contribution in [2.75, 3.05) is 7.11 Å². The highest BCUT2D eigenvalue weighted by molar-refractivity contribution is 7.74. The van der Waals surface area contributed by atoms with Gasteiger partial charge in [-0.25, -0.2) is 4.79 Å². The molecule has 0 aliphatic rings. The Labute approximate surface area is 198 Å². The highest BCUT2D eigenvalue weighted by Crippen LogP contribution is 2.41. The standard InChI is InChI=1S/C25H24N2O6S/c1-25(2,3)21-14-18(27-10-9-22(28)26-24(27)29)13-20(23(21)32-4)17-6-5-16-12-19(33-34(30)31)8-7-15(16)11-17/h5-14H,1-4H3,(H,30,31)(H,26,28,29). The van der Waals surface area contributed by atoms with Gasteiger partial charge in [0.2, 0.25) is 0 Å². The van der Waals surface area contributed by atoms with Gasteiger partial charge < -0.3 is 8.92 Å². The maximum atomic E-state index is 12.5. The first-order valence-electron chi connectivity index (χ1n) is 10.4. The molecule has 9 heteroatoms. The molecule has 1 unspecified atom stereocenters. The van der Waals surface area contributed by atoms with Crippen molar-refractivity contribution in [1.29, 1.82) is 0 Å². The highest BCUT2D eigenvalue weighted by atomic mass is 32.2. The van der Waals surface area contributed by atoms with Gasteiger partial charge in [0.25, 0.3) is 5.56 Å². The molecule has 1 heterocycles. The summed E-state index contributed by atoms with van der Waals surface area (Å²) in [6, 6.07) is 15.9. The lowest BCUT2D eigenvalue weighted by Gasteiger charge is -2.25. The molecule has 8 nitrogen and oxygen atoms in total. The second-order valence-electron chi connectivity index (χ2n) is 8.83. The van der Waals surface area contributed by atoms with Crippen molar-refractivity contribution in [2.45, 2.75) is 26.2 Å². The zero-order chi connectivity index (χ0) is 24.6. The van der Waals surface area contributed by atoms with Crippen LogP contribution in [0.3, 0.4) is 0 Å². The third kappa shape index (κ3) is 4.66. The molecule has 0 radical (unpaired) electrons. The number of ether oxygens (including phenoxy) is 1. The van der Waals surface area contributed by atoms with E-state index in [-0.39, 0.29) is 11.2 Å². The van der Waals surface area contributed by atoms with E-state index in [9.17, 15) is 13.8 Å². The van der Waals surface area contributed by atoms with Gasteiger partial charge in [-0.1, -0.05) is 39.0 Å². The second-order valence-corrected chi connectivity index (χ2v) is 9.43. The van der Waals surface area contributed by atoms with Crippen molar-refractivity contribution in [3.8, 4) is 28.3 Å². The summed E-state index contributed by atoms with van der Waals surface area (Å²) in [6.07, 6.45) is 1.45. The van der Waals surface area contributed by atoms with Crippen molar-refractivity contribution >= 4 is 22.1 Å². The number of nitrogens with one attached hydrogen (secondary N) is 1. The van der Waals surface area contributed by atoms with Crippen LogP contribution in [0, 0.1) is 0 Å². The minimum atomic E-state index is -2.40. The summed E-state index contributed by atoms with van der Waals surface area (Å²) < 4.78 is 32.0. The number of aromatic amines is 1. The Morgan fingerprint density at radius 2 is 1.68 bits per heavy atom. The third-order valence-corrected chi connectivity index (χ3v) is 5.81. The molecule has 0 spiro atoms. The van der Waals surface area contributed by atoms with E-state index in [1.54, 1.807) is 25.3 Å². The minimum Gasteiger partial charge on any atom is -0.496 e. The lowest BCUT2D eigenvalue weighted by molar-refractivity contribution is 0.399. The van der Waals surface area contributed by atoms with Gasteiger partial charge >= 0.3 is 17.1 Å². The van der Waals surface area contributed by atoms with E-state index in [0.29, 0.717) is 11.4 Å². The predicted octanol–water partition coefficient (Wildman–Crippen LogP) is 4.17. The van der Waals surface area contributed by atoms with Crippen LogP contribution in [0.2, 0.25) is 0 Å². The largest absolute Gasteiger partial charge is 0.496 e. The first-order valence-corrected chi connectivity index (χ1v) is 11.5. The van der Waals surface area contributed by atoms with Crippen molar-refractivity contribution in [3.05, 3.63) is 87.2 Å². The molecule has 4 aromatic rings. The number of aromatic nitrogens is 2. The van der Waals surface area contributed by atoms with E-state index < -0.39 is 22.6 Å². The number of H-pyrrole nitrogens is 1. The Morgan fingerprint density at radius 3 is 2.32 bits per heavy atom. The Balaban J connectivity index is 1.95. The van der Waals surface area contributed by atoms with Crippen LogP contribution in [0.1, 0.15) is 26.3 Å². The Kier molecular flexibility index (Phi) is 6.16. The molecular weight excluding hydrogens is 456 g/mol. The average molecular weight is 481 g/mol. The van der Waals surface area contributed by atoms with Crippen LogP contribution in [0.4, 0.5) is 0 Å². The van der Waals surface area contributed by atoms with Gasteiger partial charge in [0, 0.05) is 23.4 Å². The summed E-state index contributed by atoms with van der Waals surface area (Å²) >= 11 is -2.40. The fourth-order valence-corrected chi connectivity index (χ4v) is 4.16. The molecule has 2 N–H and O–H groups in total. The molecule has 1 aromatic heterocycles. The molecule has 0 saturated carbocycles. The molecular formula is C25H24N2O6S. The van der Waals surface area contributed by atoms with Gasteiger partial charge in [-0.15, -0.1) is 0 Å². The zero-order valence-electron chi connectivity index (χ0n) is 19.1. The van der Waals surface area contributed by atoms with E-state index in [2.05, 4.69) is 25.8 Å². The molecule has 34 heavy (non-hydrogen) atoms. The molecule has 0 aliphatic heterocycles. The van der Waals surface area contributed by atoms with Gasteiger partial charge in [-0.05, 0) is 52.1 Å². The molecule has 0 saturated heterocycles. The summed E-state index contributed by atoms with van der Waals surface area (Å²) in [6.45, 7) is 6.17. The molecule has 1 atom stereocenters. The minimum absolute atomic E-state index is 0.285. The average Bonchev–Trinajstić information content (AvgIpc) is 2.77. The van der Waals surface area contributed by atoms with Crippen molar-refractivity contribution in [2.24, 2.45) is 0 Å². The van der Waals surface area contributed by atoms with Crippen LogP contribution in [-0.4, -0.2) is 25.4 Å². The topological polar surface area (TPSA) is 111 Å². The van der Waals surface area contributed by atoms with Crippen LogP contribution in [0.15, 0.2) is 70.4 Å².